The fourth-order valence-electron chi connectivity index (χ4n) is 1.41. The zero-order valence-corrected chi connectivity index (χ0v) is 9.17. The highest BCUT2D eigenvalue weighted by Crippen LogP contribution is 2.25. The molecule has 0 saturated heterocycles. The molecule has 0 bridgehead atoms. The molecule has 0 atom stereocenters. The Morgan fingerprint density at radius 2 is 2.07 bits per heavy atom. The second-order valence-electron chi connectivity index (χ2n) is 4.18. The highest BCUT2D eigenvalue weighted by atomic mass is 16.3. The summed E-state index contributed by atoms with van der Waals surface area (Å²) >= 11 is 0. The van der Waals surface area contributed by atoms with Gasteiger partial charge >= 0.3 is 0 Å². The lowest BCUT2D eigenvalue weighted by molar-refractivity contribution is 0.468. The van der Waals surface area contributed by atoms with Gasteiger partial charge in [0.15, 0.2) is 0 Å². The number of rotatable bonds is 3. The summed E-state index contributed by atoms with van der Waals surface area (Å²) in [5.41, 5.74) is 3.20. The Hall–Kier alpha value is -1.24. The van der Waals surface area contributed by atoms with Gasteiger partial charge < -0.3 is 5.11 Å². The molecule has 0 fully saturated rings. The molecule has 0 amide bonds. The van der Waals surface area contributed by atoms with Gasteiger partial charge in [0.05, 0.1) is 0 Å². The van der Waals surface area contributed by atoms with Gasteiger partial charge in [0.2, 0.25) is 0 Å². The molecule has 0 unspecified atom stereocenters. The van der Waals surface area contributed by atoms with Crippen LogP contribution >= 0.6 is 0 Å². The lowest BCUT2D eigenvalue weighted by atomic mass is 9.98. The topological polar surface area (TPSA) is 20.2 Å². The summed E-state index contributed by atoms with van der Waals surface area (Å²) in [4.78, 5) is 0. The van der Waals surface area contributed by atoms with Crippen molar-refractivity contribution in [2.45, 2.75) is 33.1 Å². The van der Waals surface area contributed by atoms with Gasteiger partial charge in [-0.25, -0.2) is 0 Å². The summed E-state index contributed by atoms with van der Waals surface area (Å²) in [6.07, 6.45) is 0.754. The molecule has 76 valence electrons. The first-order valence-electron chi connectivity index (χ1n) is 4.97. The molecule has 1 aromatic rings. The van der Waals surface area contributed by atoms with Gasteiger partial charge in [0.25, 0.3) is 0 Å². The zero-order chi connectivity index (χ0) is 10.7. The van der Waals surface area contributed by atoms with Crippen molar-refractivity contribution in [2.24, 2.45) is 0 Å². The molecule has 1 rings (SSSR count). The van der Waals surface area contributed by atoms with Gasteiger partial charge in [-0.15, -0.1) is 0 Å². The maximum absolute atomic E-state index is 9.75. The summed E-state index contributed by atoms with van der Waals surface area (Å²) < 4.78 is 0. The molecule has 1 N–H and O–H groups in total. The Balaban J connectivity index is 2.95. The van der Waals surface area contributed by atoms with Crippen LogP contribution in [-0.2, 0) is 6.42 Å². The van der Waals surface area contributed by atoms with E-state index in [0.29, 0.717) is 11.7 Å². The fourth-order valence-corrected chi connectivity index (χ4v) is 1.41. The van der Waals surface area contributed by atoms with Crippen LogP contribution in [0.25, 0.3) is 0 Å². The standard InChI is InChI=1S/C13H18O/c1-9(2)7-12-6-5-11(10(3)4)8-13(12)14/h5-6,8,10,14H,1,7H2,2-4H3. The van der Waals surface area contributed by atoms with Crippen molar-refractivity contribution in [3.05, 3.63) is 41.5 Å². The largest absolute Gasteiger partial charge is 0.508 e. The van der Waals surface area contributed by atoms with Crippen LogP contribution in [-0.4, -0.2) is 5.11 Å². The van der Waals surface area contributed by atoms with Crippen LogP contribution in [0, 0.1) is 0 Å². The SMILES string of the molecule is C=C(C)Cc1ccc(C(C)C)cc1O. The average molecular weight is 190 g/mol. The molecule has 0 aromatic heterocycles. The molecule has 1 aromatic carbocycles. The van der Waals surface area contributed by atoms with Crippen molar-refractivity contribution in [1.29, 1.82) is 0 Å². The van der Waals surface area contributed by atoms with E-state index < -0.39 is 0 Å². The maximum Gasteiger partial charge on any atom is 0.119 e. The molecular formula is C13H18O. The van der Waals surface area contributed by atoms with E-state index in [1.165, 1.54) is 5.56 Å². The van der Waals surface area contributed by atoms with E-state index in [-0.39, 0.29) is 0 Å². The minimum absolute atomic E-state index is 0.388. The number of benzene rings is 1. The maximum atomic E-state index is 9.75. The molecule has 0 spiro atoms. The van der Waals surface area contributed by atoms with Gasteiger partial charge in [-0.05, 0) is 36.5 Å². The van der Waals surface area contributed by atoms with Gasteiger partial charge in [-0.1, -0.05) is 38.1 Å². The predicted octanol–water partition coefficient (Wildman–Crippen LogP) is 3.63. The summed E-state index contributed by atoms with van der Waals surface area (Å²) in [5, 5.41) is 9.75. The zero-order valence-electron chi connectivity index (χ0n) is 9.17. The van der Waals surface area contributed by atoms with Crippen molar-refractivity contribution >= 4 is 0 Å². The summed E-state index contributed by atoms with van der Waals surface area (Å²) in [5.74, 6) is 0.846. The van der Waals surface area contributed by atoms with Crippen LogP contribution in [0.2, 0.25) is 0 Å². The Morgan fingerprint density at radius 1 is 1.43 bits per heavy atom. The van der Waals surface area contributed by atoms with Crippen LogP contribution < -0.4 is 0 Å². The normalized spacial score (nSPS) is 10.6. The quantitative estimate of drug-likeness (QED) is 0.721. The third kappa shape index (κ3) is 2.63. The number of phenols is 1. The molecule has 1 heteroatoms. The average Bonchev–Trinajstić information content (AvgIpc) is 2.07. The van der Waals surface area contributed by atoms with Gasteiger partial charge in [-0.3, -0.25) is 0 Å². The molecule has 0 aliphatic heterocycles. The van der Waals surface area contributed by atoms with Gasteiger partial charge in [-0.2, -0.15) is 0 Å². The van der Waals surface area contributed by atoms with Gasteiger partial charge in [0.1, 0.15) is 5.75 Å². The van der Waals surface area contributed by atoms with Crippen LogP contribution in [0.3, 0.4) is 0 Å². The van der Waals surface area contributed by atoms with E-state index in [4.69, 9.17) is 0 Å². The Bertz CT molecular complexity index is 337. The first-order valence-corrected chi connectivity index (χ1v) is 4.97. The number of hydrogen-bond donors (Lipinski definition) is 1. The first-order chi connectivity index (χ1) is 6.50. The minimum atomic E-state index is 0.388. The highest BCUT2D eigenvalue weighted by molar-refractivity contribution is 5.39. The van der Waals surface area contributed by atoms with Crippen LogP contribution in [0.15, 0.2) is 30.4 Å². The number of hydrogen-bond acceptors (Lipinski definition) is 1. The molecule has 0 saturated carbocycles. The molecular weight excluding hydrogens is 172 g/mol. The summed E-state index contributed by atoms with van der Waals surface area (Å²) in [7, 11) is 0. The molecule has 0 heterocycles. The third-order valence-corrected chi connectivity index (χ3v) is 2.27. The van der Waals surface area contributed by atoms with E-state index in [0.717, 1.165) is 17.6 Å². The van der Waals surface area contributed by atoms with Crippen molar-refractivity contribution in [3.63, 3.8) is 0 Å². The number of allylic oxidation sites excluding steroid dienone is 1. The minimum Gasteiger partial charge on any atom is -0.508 e. The first kappa shape index (κ1) is 10.8. The smallest absolute Gasteiger partial charge is 0.119 e. The van der Waals surface area contributed by atoms with Gasteiger partial charge in [0, 0.05) is 0 Å². The van der Waals surface area contributed by atoms with Crippen molar-refractivity contribution < 1.29 is 5.11 Å². The van der Waals surface area contributed by atoms with E-state index in [1.807, 2.05) is 19.1 Å². The highest BCUT2D eigenvalue weighted by Gasteiger charge is 2.05. The van der Waals surface area contributed by atoms with E-state index in [2.05, 4.69) is 26.5 Å². The molecule has 14 heavy (non-hydrogen) atoms. The van der Waals surface area contributed by atoms with E-state index >= 15 is 0 Å². The molecule has 1 nitrogen and oxygen atoms in total. The number of phenolic OH excluding ortho intramolecular Hbond substituents is 1. The molecule has 0 aliphatic carbocycles. The van der Waals surface area contributed by atoms with Crippen LogP contribution in [0.5, 0.6) is 5.75 Å². The Morgan fingerprint density at radius 3 is 2.50 bits per heavy atom. The monoisotopic (exact) mass is 190 g/mol. The summed E-state index contributed by atoms with van der Waals surface area (Å²) in [6.45, 7) is 10.0. The van der Waals surface area contributed by atoms with Crippen molar-refractivity contribution in [2.75, 3.05) is 0 Å². The Labute approximate surface area is 86.1 Å². The second kappa shape index (κ2) is 4.32. The third-order valence-electron chi connectivity index (χ3n) is 2.27. The van der Waals surface area contributed by atoms with Crippen LogP contribution in [0.4, 0.5) is 0 Å². The summed E-state index contributed by atoms with van der Waals surface area (Å²) in [6, 6.07) is 5.91. The Kier molecular flexibility index (Phi) is 3.34. The second-order valence-corrected chi connectivity index (χ2v) is 4.18. The van der Waals surface area contributed by atoms with Crippen LogP contribution in [0.1, 0.15) is 37.8 Å². The fraction of sp³-hybridized carbons (Fsp3) is 0.385. The van der Waals surface area contributed by atoms with E-state index in [1.54, 1.807) is 0 Å². The number of aromatic hydroxyl groups is 1. The van der Waals surface area contributed by atoms with Crippen molar-refractivity contribution in [1.82, 2.24) is 0 Å². The lowest BCUT2D eigenvalue weighted by Crippen LogP contribution is -1.91. The molecule has 0 aliphatic rings. The lowest BCUT2D eigenvalue weighted by Gasteiger charge is -2.09. The predicted molar refractivity (Wildman–Crippen MR) is 60.7 cm³/mol. The molecule has 0 radical (unpaired) electrons. The van der Waals surface area contributed by atoms with E-state index in [9.17, 15) is 5.11 Å². The van der Waals surface area contributed by atoms with Crippen molar-refractivity contribution in [3.8, 4) is 5.75 Å².